The Kier molecular flexibility index (Phi) is 24.0. The number of rotatable bonds is 29. The van der Waals surface area contributed by atoms with Crippen LogP contribution in [0.15, 0.2) is 30.3 Å². The van der Waals surface area contributed by atoms with Crippen molar-refractivity contribution in [2.75, 3.05) is 85.5 Å². The molecule has 46 heavy (non-hydrogen) atoms. The molecule has 0 unspecified atom stereocenters. The molecule has 0 spiro atoms. The van der Waals surface area contributed by atoms with Gasteiger partial charge in [0, 0.05) is 38.9 Å². The Bertz CT molecular complexity index is 897. The molecular weight excluding hydrogens is 598 g/mol. The van der Waals surface area contributed by atoms with Crippen molar-refractivity contribution < 1.29 is 38.1 Å². The Morgan fingerprint density at radius 1 is 0.630 bits per heavy atom. The van der Waals surface area contributed by atoms with E-state index in [-0.39, 0.29) is 89.8 Å². The van der Waals surface area contributed by atoms with Gasteiger partial charge in [-0.05, 0) is 44.5 Å². The standard InChI is InChI=1S/C31H55N7O8/c32-12-4-15-35-27(39)9-18-43-23-31(24-44-19-10-28(40)36-16-5-13-33,25-45-20-11-29(41)37-17-6-14-34)38-21-30(42)46-22-26-7-2-1-3-8-26/h1-3,7-8,38H,4-6,9-25,32-34H2,(H,35,39)(H,36,40)(H,37,41). The van der Waals surface area contributed by atoms with E-state index in [0.717, 1.165) is 5.56 Å². The van der Waals surface area contributed by atoms with Gasteiger partial charge >= 0.3 is 5.97 Å². The lowest BCUT2D eigenvalue weighted by molar-refractivity contribution is -0.145. The predicted octanol–water partition coefficient (Wildman–Crippen LogP) is -1.33. The molecule has 0 atom stereocenters. The highest BCUT2D eigenvalue weighted by Crippen LogP contribution is 2.11. The molecule has 1 rings (SSSR count). The maximum atomic E-state index is 12.7. The van der Waals surface area contributed by atoms with E-state index in [1.165, 1.54) is 0 Å². The number of hydrogen-bond donors (Lipinski definition) is 7. The van der Waals surface area contributed by atoms with Crippen LogP contribution < -0.4 is 38.5 Å². The maximum absolute atomic E-state index is 12.7. The molecule has 0 bridgehead atoms. The topological polar surface area (TPSA) is 231 Å². The van der Waals surface area contributed by atoms with Gasteiger partial charge in [0.05, 0.1) is 51.7 Å². The molecule has 1 aromatic carbocycles. The van der Waals surface area contributed by atoms with Gasteiger partial charge in [-0.15, -0.1) is 0 Å². The zero-order chi connectivity index (χ0) is 33.7. The van der Waals surface area contributed by atoms with E-state index in [1.807, 2.05) is 30.3 Å². The van der Waals surface area contributed by atoms with Crippen molar-refractivity contribution in [3.05, 3.63) is 35.9 Å². The second-order valence-corrected chi connectivity index (χ2v) is 10.7. The second-order valence-electron chi connectivity index (χ2n) is 10.7. The minimum Gasteiger partial charge on any atom is -0.460 e. The van der Waals surface area contributed by atoms with Gasteiger partial charge in [-0.3, -0.25) is 24.5 Å². The molecule has 0 heterocycles. The predicted molar refractivity (Wildman–Crippen MR) is 173 cm³/mol. The summed E-state index contributed by atoms with van der Waals surface area (Å²) in [5, 5.41) is 11.5. The van der Waals surface area contributed by atoms with Crippen LogP contribution in [0.2, 0.25) is 0 Å². The Balaban J connectivity index is 2.87. The fourth-order valence-electron chi connectivity index (χ4n) is 3.88. The third-order valence-corrected chi connectivity index (χ3v) is 6.52. The average molecular weight is 654 g/mol. The fourth-order valence-corrected chi connectivity index (χ4v) is 3.88. The molecule has 0 aliphatic rings. The molecule has 0 radical (unpaired) electrons. The number of benzene rings is 1. The van der Waals surface area contributed by atoms with Gasteiger partial charge in [0.25, 0.3) is 0 Å². The molecule has 1 aromatic rings. The van der Waals surface area contributed by atoms with Crippen molar-refractivity contribution in [2.45, 2.75) is 50.7 Å². The number of amides is 3. The van der Waals surface area contributed by atoms with E-state index in [4.69, 9.17) is 36.1 Å². The normalized spacial score (nSPS) is 11.2. The third-order valence-electron chi connectivity index (χ3n) is 6.52. The number of ether oxygens (including phenoxy) is 4. The zero-order valence-electron chi connectivity index (χ0n) is 27.0. The minimum absolute atomic E-state index is 0.000435. The number of hydrogen-bond acceptors (Lipinski definition) is 12. The second kappa shape index (κ2) is 27.0. The van der Waals surface area contributed by atoms with Gasteiger partial charge in [0.2, 0.25) is 17.7 Å². The summed E-state index contributed by atoms with van der Waals surface area (Å²) >= 11 is 0. The van der Waals surface area contributed by atoms with Crippen LogP contribution in [0.5, 0.6) is 0 Å². The lowest BCUT2D eigenvalue weighted by Gasteiger charge is -2.34. The molecule has 0 aliphatic carbocycles. The largest absolute Gasteiger partial charge is 0.460 e. The van der Waals surface area contributed by atoms with Gasteiger partial charge in [-0.2, -0.15) is 0 Å². The first-order chi connectivity index (χ1) is 22.3. The van der Waals surface area contributed by atoms with E-state index < -0.39 is 11.5 Å². The van der Waals surface area contributed by atoms with Gasteiger partial charge in [-0.1, -0.05) is 30.3 Å². The quantitative estimate of drug-likeness (QED) is 0.0394. The summed E-state index contributed by atoms with van der Waals surface area (Å²) in [6.45, 7) is 3.08. The molecule has 15 nitrogen and oxygen atoms in total. The molecule has 0 fully saturated rings. The molecule has 10 N–H and O–H groups in total. The monoisotopic (exact) mass is 653 g/mol. The number of esters is 1. The summed E-state index contributed by atoms with van der Waals surface area (Å²) in [7, 11) is 0. The summed E-state index contributed by atoms with van der Waals surface area (Å²) in [6.07, 6.45) is 2.37. The van der Waals surface area contributed by atoms with E-state index >= 15 is 0 Å². The first-order valence-electron chi connectivity index (χ1n) is 15.9. The van der Waals surface area contributed by atoms with Crippen molar-refractivity contribution in [2.24, 2.45) is 17.2 Å². The summed E-state index contributed by atoms with van der Waals surface area (Å²) in [4.78, 5) is 49.1. The van der Waals surface area contributed by atoms with Crippen LogP contribution in [0.25, 0.3) is 0 Å². The number of nitrogens with one attached hydrogen (secondary N) is 4. The first-order valence-corrected chi connectivity index (χ1v) is 15.9. The van der Waals surface area contributed by atoms with Crippen molar-refractivity contribution in [3.63, 3.8) is 0 Å². The highest BCUT2D eigenvalue weighted by atomic mass is 16.5. The van der Waals surface area contributed by atoms with Crippen LogP contribution in [0.4, 0.5) is 0 Å². The highest BCUT2D eigenvalue weighted by molar-refractivity contribution is 5.76. The van der Waals surface area contributed by atoms with E-state index in [9.17, 15) is 19.2 Å². The smallest absolute Gasteiger partial charge is 0.320 e. The van der Waals surface area contributed by atoms with Crippen molar-refractivity contribution in [1.29, 1.82) is 0 Å². The molecule has 3 amide bonds. The lowest BCUT2D eigenvalue weighted by Crippen LogP contribution is -2.58. The molecule has 0 aliphatic heterocycles. The summed E-state index contributed by atoms with van der Waals surface area (Å²) < 4.78 is 23.1. The Morgan fingerprint density at radius 3 is 1.43 bits per heavy atom. The minimum atomic E-state index is -1.08. The van der Waals surface area contributed by atoms with E-state index in [1.54, 1.807) is 0 Å². The van der Waals surface area contributed by atoms with E-state index in [2.05, 4.69) is 21.3 Å². The third kappa shape index (κ3) is 21.5. The van der Waals surface area contributed by atoms with Crippen LogP contribution in [-0.4, -0.2) is 115 Å². The Morgan fingerprint density at radius 2 is 1.04 bits per heavy atom. The van der Waals surface area contributed by atoms with Crippen molar-refractivity contribution >= 4 is 23.7 Å². The zero-order valence-corrected chi connectivity index (χ0v) is 27.0. The lowest BCUT2D eigenvalue weighted by atomic mass is 10.0. The molecule has 0 saturated carbocycles. The van der Waals surface area contributed by atoms with Crippen LogP contribution in [-0.2, 0) is 44.7 Å². The van der Waals surface area contributed by atoms with Gasteiger partial charge in [0.15, 0.2) is 0 Å². The Hall–Kier alpha value is -3.18. The first kappa shape index (κ1) is 40.8. The summed E-state index contributed by atoms with van der Waals surface area (Å²) in [5.41, 5.74) is 16.2. The summed E-state index contributed by atoms with van der Waals surface area (Å²) in [5.74, 6) is -1.04. The van der Waals surface area contributed by atoms with Crippen LogP contribution in [0, 0.1) is 0 Å². The molecule has 0 saturated heterocycles. The van der Waals surface area contributed by atoms with Crippen molar-refractivity contribution in [1.82, 2.24) is 21.3 Å². The SMILES string of the molecule is NCCCNC(=O)CCOCC(COCCC(=O)NCCCN)(COCCC(=O)NCCCN)NCC(=O)OCc1ccccc1. The average Bonchev–Trinajstić information content (AvgIpc) is 3.06. The summed E-state index contributed by atoms with van der Waals surface area (Å²) in [6, 6.07) is 9.29. The number of carbonyl (C=O) groups excluding carboxylic acids is 4. The van der Waals surface area contributed by atoms with Gasteiger partial charge in [0.1, 0.15) is 6.61 Å². The van der Waals surface area contributed by atoms with E-state index in [0.29, 0.717) is 58.5 Å². The highest BCUT2D eigenvalue weighted by Gasteiger charge is 2.32. The van der Waals surface area contributed by atoms with Crippen LogP contribution >= 0.6 is 0 Å². The number of nitrogens with two attached hydrogens (primary N) is 3. The molecule has 15 heteroatoms. The van der Waals surface area contributed by atoms with Crippen LogP contribution in [0.1, 0.15) is 44.1 Å². The Labute approximate surface area is 272 Å². The molecular formula is C31H55N7O8. The van der Waals surface area contributed by atoms with Crippen molar-refractivity contribution in [3.8, 4) is 0 Å². The number of carbonyl (C=O) groups is 4. The maximum Gasteiger partial charge on any atom is 0.320 e. The fraction of sp³-hybridized carbons (Fsp3) is 0.677. The molecule has 262 valence electrons. The van der Waals surface area contributed by atoms with Gasteiger partial charge < -0.3 is 52.1 Å². The van der Waals surface area contributed by atoms with Gasteiger partial charge in [-0.25, -0.2) is 0 Å². The molecule has 0 aromatic heterocycles. The van der Waals surface area contributed by atoms with Crippen LogP contribution in [0.3, 0.4) is 0 Å².